The van der Waals surface area contributed by atoms with Crippen molar-refractivity contribution < 1.29 is 9.53 Å². The van der Waals surface area contributed by atoms with Crippen LogP contribution in [0.1, 0.15) is 12.8 Å². The molecule has 2 aromatic rings. The van der Waals surface area contributed by atoms with Crippen molar-refractivity contribution >= 4 is 22.5 Å². The molecule has 2 aliphatic rings. The van der Waals surface area contributed by atoms with E-state index in [4.69, 9.17) is 4.74 Å². The number of aromatic nitrogens is 2. The average Bonchev–Trinajstić information content (AvgIpc) is 3.15. The minimum absolute atomic E-state index is 0.149. The van der Waals surface area contributed by atoms with Gasteiger partial charge in [-0.15, -0.1) is 0 Å². The fourth-order valence-corrected chi connectivity index (χ4v) is 3.36. The van der Waals surface area contributed by atoms with Crippen molar-refractivity contribution in [2.45, 2.75) is 18.9 Å². The van der Waals surface area contributed by atoms with Crippen LogP contribution in [0.3, 0.4) is 0 Å². The Hall–Kier alpha value is -2.21. The second-order valence-electron chi connectivity index (χ2n) is 6.05. The highest BCUT2D eigenvalue weighted by molar-refractivity contribution is 5.89. The van der Waals surface area contributed by atoms with Gasteiger partial charge in [-0.3, -0.25) is 14.8 Å². The summed E-state index contributed by atoms with van der Waals surface area (Å²) in [5.41, 5.74) is 2.02. The van der Waals surface area contributed by atoms with Crippen LogP contribution >= 0.6 is 0 Å². The largest absolute Gasteiger partial charge is 0.368 e. The van der Waals surface area contributed by atoms with Crippen molar-refractivity contribution in [2.75, 3.05) is 37.7 Å². The summed E-state index contributed by atoms with van der Waals surface area (Å²) in [6.07, 6.45) is 7.14. The van der Waals surface area contributed by atoms with Gasteiger partial charge in [0.05, 0.1) is 17.4 Å². The summed E-state index contributed by atoms with van der Waals surface area (Å²) in [5, 5.41) is 1.04. The summed E-state index contributed by atoms with van der Waals surface area (Å²) in [4.78, 5) is 25.4. The van der Waals surface area contributed by atoms with E-state index >= 15 is 0 Å². The molecule has 6 heteroatoms. The zero-order valence-corrected chi connectivity index (χ0v) is 13.0. The molecule has 23 heavy (non-hydrogen) atoms. The molecule has 4 rings (SSSR count). The highest BCUT2D eigenvalue weighted by Gasteiger charge is 2.30. The van der Waals surface area contributed by atoms with Crippen LogP contribution in [0.15, 0.2) is 30.7 Å². The predicted octanol–water partition coefficient (Wildman–Crippen LogP) is 1.46. The topological polar surface area (TPSA) is 58.6 Å². The van der Waals surface area contributed by atoms with Crippen molar-refractivity contribution in [2.24, 2.45) is 0 Å². The number of piperazine rings is 1. The zero-order valence-electron chi connectivity index (χ0n) is 13.0. The van der Waals surface area contributed by atoms with Crippen molar-refractivity contribution in [3.8, 4) is 0 Å². The molecule has 120 valence electrons. The van der Waals surface area contributed by atoms with Crippen molar-refractivity contribution in [1.29, 1.82) is 0 Å². The molecule has 2 aromatic heterocycles. The van der Waals surface area contributed by atoms with Gasteiger partial charge < -0.3 is 14.5 Å². The normalized spacial score (nSPS) is 21.8. The van der Waals surface area contributed by atoms with Crippen molar-refractivity contribution in [1.82, 2.24) is 14.9 Å². The van der Waals surface area contributed by atoms with Crippen LogP contribution < -0.4 is 4.90 Å². The van der Waals surface area contributed by atoms with E-state index in [0.29, 0.717) is 6.61 Å². The lowest BCUT2D eigenvalue weighted by molar-refractivity contribution is -0.141. The van der Waals surface area contributed by atoms with Crippen LogP contribution in [-0.4, -0.2) is 59.7 Å². The molecule has 1 unspecified atom stereocenters. The number of fused-ring (bicyclic) bond motifs is 1. The lowest BCUT2D eigenvalue weighted by Crippen LogP contribution is -2.51. The van der Waals surface area contributed by atoms with Crippen LogP contribution in [0.25, 0.3) is 10.9 Å². The van der Waals surface area contributed by atoms with Crippen molar-refractivity contribution in [3.63, 3.8) is 0 Å². The number of ether oxygens (including phenoxy) is 1. The average molecular weight is 312 g/mol. The van der Waals surface area contributed by atoms with Crippen LogP contribution in [-0.2, 0) is 9.53 Å². The Balaban J connectivity index is 1.47. The molecule has 0 N–H and O–H groups in total. The van der Waals surface area contributed by atoms with Gasteiger partial charge in [-0.2, -0.15) is 0 Å². The van der Waals surface area contributed by atoms with Gasteiger partial charge in [0, 0.05) is 50.6 Å². The molecule has 6 nitrogen and oxygen atoms in total. The first-order chi connectivity index (χ1) is 11.3. The number of hydrogen-bond donors (Lipinski definition) is 0. The predicted molar refractivity (Wildman–Crippen MR) is 87.3 cm³/mol. The molecule has 0 bridgehead atoms. The van der Waals surface area contributed by atoms with E-state index in [9.17, 15) is 4.79 Å². The number of nitrogens with zero attached hydrogens (tertiary/aromatic N) is 4. The monoisotopic (exact) mass is 312 g/mol. The van der Waals surface area contributed by atoms with E-state index in [0.717, 1.165) is 55.6 Å². The minimum Gasteiger partial charge on any atom is -0.368 e. The van der Waals surface area contributed by atoms with E-state index in [-0.39, 0.29) is 12.0 Å². The molecule has 0 radical (unpaired) electrons. The fourth-order valence-electron chi connectivity index (χ4n) is 3.36. The van der Waals surface area contributed by atoms with Crippen LogP contribution in [0.4, 0.5) is 5.69 Å². The van der Waals surface area contributed by atoms with Crippen LogP contribution in [0, 0.1) is 0 Å². The smallest absolute Gasteiger partial charge is 0.251 e. The minimum atomic E-state index is -0.220. The number of rotatable bonds is 2. The molecule has 0 saturated carbocycles. The van der Waals surface area contributed by atoms with E-state index in [1.807, 2.05) is 35.6 Å². The van der Waals surface area contributed by atoms with Gasteiger partial charge in [0.2, 0.25) is 0 Å². The first-order valence-corrected chi connectivity index (χ1v) is 8.17. The molecule has 2 saturated heterocycles. The third-order valence-electron chi connectivity index (χ3n) is 4.63. The molecule has 0 aliphatic carbocycles. The SMILES string of the molecule is O=C(C1CCCO1)N1CCN(c2cncc3cccnc23)CC1. The molecule has 1 amide bonds. The molecular weight excluding hydrogens is 292 g/mol. The second-order valence-corrected chi connectivity index (χ2v) is 6.05. The summed E-state index contributed by atoms with van der Waals surface area (Å²) in [6, 6.07) is 3.95. The van der Waals surface area contributed by atoms with Gasteiger partial charge in [-0.05, 0) is 25.0 Å². The molecular formula is C17H20N4O2. The first-order valence-electron chi connectivity index (χ1n) is 8.17. The van der Waals surface area contributed by atoms with E-state index in [2.05, 4.69) is 14.9 Å². The summed E-state index contributed by atoms with van der Waals surface area (Å²) < 4.78 is 5.51. The Morgan fingerprint density at radius 1 is 1.22 bits per heavy atom. The van der Waals surface area contributed by atoms with Gasteiger partial charge >= 0.3 is 0 Å². The first kappa shape index (κ1) is 14.4. The maximum absolute atomic E-state index is 12.4. The highest BCUT2D eigenvalue weighted by atomic mass is 16.5. The number of amides is 1. The maximum atomic E-state index is 12.4. The van der Waals surface area contributed by atoms with Crippen LogP contribution in [0.2, 0.25) is 0 Å². The Bertz CT molecular complexity index is 701. The third-order valence-corrected chi connectivity index (χ3v) is 4.63. The van der Waals surface area contributed by atoms with E-state index < -0.39 is 0 Å². The molecule has 2 fully saturated rings. The molecule has 0 aromatic carbocycles. The molecule has 1 atom stereocenters. The number of hydrogen-bond acceptors (Lipinski definition) is 5. The van der Waals surface area contributed by atoms with Crippen molar-refractivity contribution in [3.05, 3.63) is 30.7 Å². The summed E-state index contributed by atoms with van der Waals surface area (Å²) in [6.45, 7) is 3.76. The number of carbonyl (C=O) groups excluding carboxylic acids is 1. The van der Waals surface area contributed by atoms with Crippen LogP contribution in [0.5, 0.6) is 0 Å². The van der Waals surface area contributed by atoms with E-state index in [1.165, 1.54) is 0 Å². The lowest BCUT2D eigenvalue weighted by Gasteiger charge is -2.37. The summed E-state index contributed by atoms with van der Waals surface area (Å²) in [5.74, 6) is 0.149. The molecule has 0 spiro atoms. The summed E-state index contributed by atoms with van der Waals surface area (Å²) in [7, 11) is 0. The van der Waals surface area contributed by atoms with Gasteiger partial charge in [0.15, 0.2) is 0 Å². The van der Waals surface area contributed by atoms with Gasteiger partial charge in [-0.25, -0.2) is 0 Å². The highest BCUT2D eigenvalue weighted by Crippen LogP contribution is 2.25. The second kappa shape index (κ2) is 6.12. The van der Waals surface area contributed by atoms with Gasteiger partial charge in [0.1, 0.15) is 6.10 Å². The fraction of sp³-hybridized carbons (Fsp3) is 0.471. The zero-order chi connectivity index (χ0) is 15.6. The van der Waals surface area contributed by atoms with E-state index in [1.54, 1.807) is 0 Å². The Morgan fingerprint density at radius 2 is 2.09 bits per heavy atom. The quantitative estimate of drug-likeness (QED) is 0.840. The Labute approximate surface area is 135 Å². The third kappa shape index (κ3) is 2.74. The number of carbonyl (C=O) groups is 1. The van der Waals surface area contributed by atoms with Gasteiger partial charge in [0.25, 0.3) is 5.91 Å². The molecule has 4 heterocycles. The lowest BCUT2D eigenvalue weighted by atomic mass is 10.2. The summed E-state index contributed by atoms with van der Waals surface area (Å²) >= 11 is 0. The number of anilines is 1. The van der Waals surface area contributed by atoms with Gasteiger partial charge in [-0.1, -0.05) is 0 Å². The maximum Gasteiger partial charge on any atom is 0.251 e. The number of pyridine rings is 2. The molecule has 2 aliphatic heterocycles. The Morgan fingerprint density at radius 3 is 2.87 bits per heavy atom. The Kier molecular flexibility index (Phi) is 3.83. The standard InChI is InChI=1S/C17H20N4O2/c22-17(15-4-2-10-23-15)21-8-6-20(7-9-21)14-12-18-11-13-3-1-5-19-16(13)14/h1,3,5,11-12,15H,2,4,6-10H2.